The molecule has 0 aromatic carbocycles. The van der Waals surface area contributed by atoms with Gasteiger partial charge in [0, 0.05) is 28.2 Å². The molecule has 0 N–H and O–H groups in total. The van der Waals surface area contributed by atoms with Crippen molar-refractivity contribution in [2.75, 3.05) is 28.2 Å². The standard InChI is InChI=1S/C4H12ClN2O2P/c1-6(2)8-10(5)9-7(3)4/h1-4H3. The smallest absolute Gasteiger partial charge is 0.230 e. The quantitative estimate of drug-likeness (QED) is 0.490. The minimum absolute atomic E-state index is 1.34. The van der Waals surface area contributed by atoms with Crippen LogP contribution in [-0.2, 0) is 9.25 Å². The van der Waals surface area contributed by atoms with E-state index in [2.05, 4.69) is 0 Å². The molecule has 0 aliphatic heterocycles. The molecular formula is C4H12ClN2O2P. The van der Waals surface area contributed by atoms with E-state index in [1.54, 1.807) is 28.2 Å². The maximum Gasteiger partial charge on any atom is 0.312 e. The number of nitrogens with zero attached hydrogens (tertiary/aromatic N) is 2. The monoisotopic (exact) mass is 186 g/mol. The van der Waals surface area contributed by atoms with Crippen LogP contribution in [-0.4, -0.2) is 38.3 Å². The molecule has 0 saturated heterocycles. The van der Waals surface area contributed by atoms with Crippen LogP contribution >= 0.6 is 19.0 Å². The Hall–Kier alpha value is 0.560. The number of rotatable bonds is 4. The zero-order chi connectivity index (χ0) is 8.15. The van der Waals surface area contributed by atoms with E-state index in [4.69, 9.17) is 20.5 Å². The van der Waals surface area contributed by atoms with Crippen LogP contribution in [0.15, 0.2) is 0 Å². The van der Waals surface area contributed by atoms with Crippen LogP contribution in [0.3, 0.4) is 0 Å². The van der Waals surface area contributed by atoms with Crippen molar-refractivity contribution in [2.45, 2.75) is 0 Å². The van der Waals surface area contributed by atoms with Crippen molar-refractivity contribution >= 4 is 19.0 Å². The number of hydrogen-bond donors (Lipinski definition) is 0. The highest BCUT2D eigenvalue weighted by Gasteiger charge is 2.09. The number of hydroxylamine groups is 4. The van der Waals surface area contributed by atoms with Crippen LogP contribution < -0.4 is 0 Å². The minimum Gasteiger partial charge on any atom is -0.230 e. The highest BCUT2D eigenvalue weighted by atomic mass is 35.7. The lowest BCUT2D eigenvalue weighted by atomic mass is 11.2. The molecule has 62 valence electrons. The van der Waals surface area contributed by atoms with Crippen molar-refractivity contribution in [3.63, 3.8) is 0 Å². The maximum absolute atomic E-state index is 5.61. The summed E-state index contributed by atoms with van der Waals surface area (Å²) in [5.41, 5.74) is 0. The third-order valence-electron chi connectivity index (χ3n) is 0.455. The second kappa shape index (κ2) is 5.24. The molecule has 0 aliphatic carbocycles. The fraction of sp³-hybridized carbons (Fsp3) is 1.00. The lowest BCUT2D eigenvalue weighted by molar-refractivity contribution is -0.0539. The van der Waals surface area contributed by atoms with E-state index in [0.29, 0.717) is 0 Å². The number of halogens is 1. The molecule has 10 heavy (non-hydrogen) atoms. The molecule has 0 aromatic heterocycles. The summed E-state index contributed by atoms with van der Waals surface area (Å²) in [6, 6.07) is 0. The Morgan fingerprint density at radius 3 is 1.50 bits per heavy atom. The predicted molar refractivity (Wildman–Crippen MR) is 42.3 cm³/mol. The Morgan fingerprint density at radius 1 is 1.00 bits per heavy atom. The fourth-order valence-electron chi connectivity index (χ4n) is 0.272. The summed E-state index contributed by atoms with van der Waals surface area (Å²) < 4.78 is 9.92. The molecular weight excluding hydrogens is 174 g/mol. The van der Waals surface area contributed by atoms with Gasteiger partial charge in [0.2, 0.25) is 0 Å². The first-order chi connectivity index (χ1) is 4.52. The summed E-state index contributed by atoms with van der Waals surface area (Å²) >= 11 is 5.61. The van der Waals surface area contributed by atoms with Gasteiger partial charge in [-0.2, -0.15) is 10.1 Å². The highest BCUT2D eigenvalue weighted by Crippen LogP contribution is 2.44. The van der Waals surface area contributed by atoms with E-state index in [1.165, 1.54) is 10.1 Å². The summed E-state index contributed by atoms with van der Waals surface area (Å²) in [5.74, 6) is 0. The zero-order valence-corrected chi connectivity index (χ0v) is 8.19. The normalized spacial score (nSPS) is 12.0. The highest BCUT2D eigenvalue weighted by molar-refractivity contribution is 7.75. The maximum atomic E-state index is 5.61. The lowest BCUT2D eigenvalue weighted by Crippen LogP contribution is -2.13. The molecule has 0 aliphatic rings. The summed E-state index contributed by atoms with van der Waals surface area (Å²) in [5, 5.41) is 3.00. The van der Waals surface area contributed by atoms with E-state index in [-0.39, 0.29) is 0 Å². The Kier molecular flexibility index (Phi) is 5.54. The molecule has 0 fully saturated rings. The van der Waals surface area contributed by atoms with Gasteiger partial charge in [0.05, 0.1) is 0 Å². The van der Waals surface area contributed by atoms with Gasteiger partial charge < -0.3 is 0 Å². The van der Waals surface area contributed by atoms with Gasteiger partial charge in [-0.05, 0) is 11.2 Å². The topological polar surface area (TPSA) is 24.9 Å². The van der Waals surface area contributed by atoms with Crippen LogP contribution in [0.1, 0.15) is 0 Å². The minimum atomic E-state index is -1.34. The Morgan fingerprint density at radius 2 is 1.30 bits per heavy atom. The van der Waals surface area contributed by atoms with Crippen LogP contribution in [0.2, 0.25) is 0 Å². The van der Waals surface area contributed by atoms with Crippen molar-refractivity contribution in [2.24, 2.45) is 0 Å². The van der Waals surface area contributed by atoms with Crippen LogP contribution in [0.25, 0.3) is 0 Å². The van der Waals surface area contributed by atoms with Crippen molar-refractivity contribution in [3.8, 4) is 0 Å². The van der Waals surface area contributed by atoms with E-state index in [1.807, 2.05) is 0 Å². The van der Waals surface area contributed by atoms with Gasteiger partial charge >= 0.3 is 7.73 Å². The average molecular weight is 187 g/mol. The van der Waals surface area contributed by atoms with Gasteiger partial charge in [0.15, 0.2) is 0 Å². The molecule has 4 nitrogen and oxygen atoms in total. The van der Waals surface area contributed by atoms with Gasteiger partial charge in [-0.25, -0.2) is 9.25 Å². The third-order valence-corrected chi connectivity index (χ3v) is 1.74. The SMILES string of the molecule is CN(C)OP(Cl)ON(C)C. The van der Waals surface area contributed by atoms with Crippen LogP contribution in [0.5, 0.6) is 0 Å². The van der Waals surface area contributed by atoms with E-state index in [0.717, 1.165) is 0 Å². The zero-order valence-electron chi connectivity index (χ0n) is 6.54. The molecule has 0 heterocycles. The largest absolute Gasteiger partial charge is 0.312 e. The first-order valence-corrected chi connectivity index (χ1v) is 4.77. The molecule has 6 heteroatoms. The van der Waals surface area contributed by atoms with Crippen LogP contribution in [0.4, 0.5) is 0 Å². The molecule has 0 rings (SSSR count). The second-order valence-electron chi connectivity index (χ2n) is 2.00. The van der Waals surface area contributed by atoms with Gasteiger partial charge in [0.1, 0.15) is 0 Å². The first kappa shape index (κ1) is 10.6. The lowest BCUT2D eigenvalue weighted by Gasteiger charge is -2.17. The summed E-state index contributed by atoms with van der Waals surface area (Å²) in [6.07, 6.45) is 0. The Labute approximate surface area is 67.3 Å². The molecule has 0 spiro atoms. The molecule has 0 bridgehead atoms. The summed E-state index contributed by atoms with van der Waals surface area (Å²) in [4.78, 5) is 0. The Bertz CT molecular complexity index is 83.3. The predicted octanol–water partition coefficient (Wildman–Crippen LogP) is 1.44. The molecule has 0 aromatic rings. The molecule has 0 amide bonds. The number of hydrogen-bond acceptors (Lipinski definition) is 4. The average Bonchev–Trinajstić information content (AvgIpc) is 1.58. The van der Waals surface area contributed by atoms with Gasteiger partial charge in [-0.1, -0.05) is 0 Å². The molecule has 0 radical (unpaired) electrons. The van der Waals surface area contributed by atoms with Gasteiger partial charge in [0.25, 0.3) is 0 Å². The first-order valence-electron chi connectivity index (χ1n) is 2.69. The van der Waals surface area contributed by atoms with Gasteiger partial charge in [-0.3, -0.25) is 0 Å². The van der Waals surface area contributed by atoms with E-state index >= 15 is 0 Å². The fourth-order valence-corrected chi connectivity index (χ4v) is 1.56. The van der Waals surface area contributed by atoms with Crippen molar-refractivity contribution in [1.82, 2.24) is 10.1 Å². The third kappa shape index (κ3) is 6.68. The van der Waals surface area contributed by atoms with Crippen molar-refractivity contribution in [1.29, 1.82) is 0 Å². The van der Waals surface area contributed by atoms with Gasteiger partial charge in [-0.15, -0.1) is 0 Å². The summed E-state index contributed by atoms with van der Waals surface area (Å²) in [7, 11) is 5.65. The van der Waals surface area contributed by atoms with E-state index < -0.39 is 7.73 Å². The molecule has 0 unspecified atom stereocenters. The van der Waals surface area contributed by atoms with Crippen LogP contribution in [0, 0.1) is 0 Å². The van der Waals surface area contributed by atoms with Crippen molar-refractivity contribution in [3.05, 3.63) is 0 Å². The Balaban J connectivity index is 3.34. The van der Waals surface area contributed by atoms with E-state index in [9.17, 15) is 0 Å². The molecule has 0 atom stereocenters. The molecule has 0 saturated carbocycles. The summed E-state index contributed by atoms with van der Waals surface area (Å²) in [6.45, 7) is 0. The van der Waals surface area contributed by atoms with Crippen molar-refractivity contribution < 1.29 is 9.25 Å². The second-order valence-corrected chi connectivity index (χ2v) is 3.58.